The highest BCUT2D eigenvalue weighted by Gasteiger charge is 2.26. The number of thioether (sulfide) groups is 1. The third-order valence-corrected chi connectivity index (χ3v) is 5.37. The van der Waals surface area contributed by atoms with E-state index in [2.05, 4.69) is 27.0 Å². The molecule has 8 heteroatoms. The van der Waals surface area contributed by atoms with Gasteiger partial charge in [-0.2, -0.15) is 0 Å². The lowest BCUT2D eigenvalue weighted by Crippen LogP contribution is -2.38. The molecule has 0 aliphatic carbocycles. The molecule has 1 N–H and O–H groups in total. The van der Waals surface area contributed by atoms with Gasteiger partial charge in [0.2, 0.25) is 5.91 Å². The first-order valence-corrected chi connectivity index (χ1v) is 9.71. The molecule has 26 heavy (non-hydrogen) atoms. The molecule has 1 unspecified atom stereocenters. The number of methoxy groups -OCH3 is 1. The fourth-order valence-corrected chi connectivity index (χ4v) is 3.84. The van der Waals surface area contributed by atoms with Gasteiger partial charge in [-0.15, -0.1) is 10.2 Å². The summed E-state index contributed by atoms with van der Waals surface area (Å²) in [5, 5.41) is 12.1. The molecule has 0 spiro atoms. The SMILES string of the molecule is CCn1c(C)nnc1SCCNC(=O)C1COc2cc(OC)ccc2C1. The Balaban J connectivity index is 1.46. The molecule has 0 bridgehead atoms. The number of fused-ring (bicyclic) bond motifs is 1. The van der Waals surface area contributed by atoms with Gasteiger partial charge >= 0.3 is 0 Å². The maximum Gasteiger partial charge on any atom is 0.226 e. The molecule has 2 heterocycles. The molecule has 0 saturated carbocycles. The van der Waals surface area contributed by atoms with Gasteiger partial charge in [-0.25, -0.2) is 0 Å². The molecule has 2 aromatic rings. The highest BCUT2D eigenvalue weighted by Crippen LogP contribution is 2.31. The van der Waals surface area contributed by atoms with E-state index in [4.69, 9.17) is 9.47 Å². The maximum absolute atomic E-state index is 12.4. The second-order valence-corrected chi connectivity index (χ2v) is 7.16. The molecule has 140 valence electrons. The molecular formula is C18H24N4O3S. The Morgan fingerprint density at radius 3 is 3.08 bits per heavy atom. The summed E-state index contributed by atoms with van der Waals surface area (Å²) in [4.78, 5) is 12.4. The first kappa shape index (κ1) is 18.6. The third kappa shape index (κ3) is 4.12. The van der Waals surface area contributed by atoms with Crippen molar-refractivity contribution in [1.29, 1.82) is 0 Å². The van der Waals surface area contributed by atoms with Crippen molar-refractivity contribution >= 4 is 17.7 Å². The molecular weight excluding hydrogens is 352 g/mol. The van der Waals surface area contributed by atoms with Crippen LogP contribution in [-0.4, -0.2) is 46.7 Å². The van der Waals surface area contributed by atoms with E-state index >= 15 is 0 Å². The number of rotatable bonds is 7. The lowest BCUT2D eigenvalue weighted by atomic mass is 9.96. The van der Waals surface area contributed by atoms with E-state index in [1.54, 1.807) is 18.9 Å². The number of benzene rings is 1. The molecule has 0 radical (unpaired) electrons. The van der Waals surface area contributed by atoms with Crippen molar-refractivity contribution in [1.82, 2.24) is 20.1 Å². The summed E-state index contributed by atoms with van der Waals surface area (Å²) < 4.78 is 13.0. The van der Waals surface area contributed by atoms with E-state index in [9.17, 15) is 4.79 Å². The predicted molar refractivity (Wildman–Crippen MR) is 99.8 cm³/mol. The second kappa shape index (κ2) is 8.44. The lowest BCUT2D eigenvalue weighted by molar-refractivity contribution is -0.126. The van der Waals surface area contributed by atoms with Crippen molar-refractivity contribution in [2.75, 3.05) is 26.0 Å². The molecule has 0 saturated heterocycles. The molecule has 1 atom stereocenters. The van der Waals surface area contributed by atoms with E-state index in [0.717, 1.165) is 40.3 Å². The van der Waals surface area contributed by atoms with Crippen molar-refractivity contribution < 1.29 is 14.3 Å². The van der Waals surface area contributed by atoms with Gasteiger partial charge in [0.15, 0.2) is 5.16 Å². The summed E-state index contributed by atoms with van der Waals surface area (Å²) in [5.41, 5.74) is 1.04. The van der Waals surface area contributed by atoms with Crippen LogP contribution in [-0.2, 0) is 17.8 Å². The highest BCUT2D eigenvalue weighted by atomic mass is 32.2. The van der Waals surface area contributed by atoms with Crippen LogP contribution in [0.2, 0.25) is 0 Å². The third-order valence-electron chi connectivity index (χ3n) is 4.40. The number of ether oxygens (including phenoxy) is 2. The van der Waals surface area contributed by atoms with Gasteiger partial charge in [-0.05, 0) is 31.9 Å². The van der Waals surface area contributed by atoms with Gasteiger partial charge in [0, 0.05) is 24.9 Å². The van der Waals surface area contributed by atoms with Gasteiger partial charge in [0.1, 0.15) is 23.9 Å². The predicted octanol–water partition coefficient (Wildman–Crippen LogP) is 2.07. The Morgan fingerprint density at radius 1 is 1.46 bits per heavy atom. The van der Waals surface area contributed by atoms with Gasteiger partial charge < -0.3 is 19.4 Å². The molecule has 1 aliphatic heterocycles. The van der Waals surface area contributed by atoms with Crippen molar-refractivity contribution in [3.05, 3.63) is 29.6 Å². The van der Waals surface area contributed by atoms with Crippen molar-refractivity contribution in [3.8, 4) is 11.5 Å². The van der Waals surface area contributed by atoms with Crippen LogP contribution < -0.4 is 14.8 Å². The molecule has 1 aromatic heterocycles. The van der Waals surface area contributed by atoms with Gasteiger partial charge in [0.05, 0.1) is 13.0 Å². The Bertz CT molecular complexity index is 778. The summed E-state index contributed by atoms with van der Waals surface area (Å²) in [6.45, 7) is 5.84. The van der Waals surface area contributed by atoms with Crippen LogP contribution in [0.3, 0.4) is 0 Å². The van der Waals surface area contributed by atoms with Crippen LogP contribution in [0, 0.1) is 12.8 Å². The smallest absolute Gasteiger partial charge is 0.226 e. The Kier molecular flexibility index (Phi) is 6.03. The minimum atomic E-state index is -0.164. The maximum atomic E-state index is 12.4. The zero-order valence-corrected chi connectivity index (χ0v) is 16.1. The molecule has 1 aromatic carbocycles. The van der Waals surface area contributed by atoms with E-state index in [1.165, 1.54) is 0 Å². The first-order chi connectivity index (χ1) is 12.6. The largest absolute Gasteiger partial charge is 0.497 e. The zero-order valence-electron chi connectivity index (χ0n) is 15.3. The summed E-state index contributed by atoms with van der Waals surface area (Å²) in [5.74, 6) is 3.10. The van der Waals surface area contributed by atoms with Crippen LogP contribution in [0.4, 0.5) is 0 Å². The quantitative estimate of drug-likeness (QED) is 0.589. The number of carbonyl (C=O) groups is 1. The van der Waals surface area contributed by atoms with Crippen molar-refractivity contribution in [2.24, 2.45) is 5.92 Å². The minimum Gasteiger partial charge on any atom is -0.497 e. The number of carbonyl (C=O) groups excluding carboxylic acids is 1. The highest BCUT2D eigenvalue weighted by molar-refractivity contribution is 7.99. The standard InChI is InChI=1S/C18H24N4O3S/c1-4-22-12(2)20-21-18(22)26-8-7-19-17(23)14-9-13-5-6-15(24-3)10-16(13)25-11-14/h5-6,10,14H,4,7-9,11H2,1-3H3,(H,19,23). The topological polar surface area (TPSA) is 78.3 Å². The van der Waals surface area contributed by atoms with E-state index in [0.29, 0.717) is 19.6 Å². The number of aromatic nitrogens is 3. The van der Waals surface area contributed by atoms with E-state index in [-0.39, 0.29) is 11.8 Å². The average Bonchev–Trinajstić information content (AvgIpc) is 3.03. The first-order valence-electron chi connectivity index (χ1n) is 8.72. The fourth-order valence-electron chi connectivity index (χ4n) is 2.94. The summed E-state index contributed by atoms with van der Waals surface area (Å²) in [7, 11) is 1.63. The zero-order chi connectivity index (χ0) is 18.5. The second-order valence-electron chi connectivity index (χ2n) is 6.10. The molecule has 1 aliphatic rings. The average molecular weight is 376 g/mol. The number of aryl methyl sites for hydroxylation is 1. The van der Waals surface area contributed by atoms with Gasteiger partial charge in [-0.3, -0.25) is 4.79 Å². The Labute approximate surface area is 157 Å². The summed E-state index contributed by atoms with van der Waals surface area (Å²) in [6.07, 6.45) is 0.682. The molecule has 3 rings (SSSR count). The summed E-state index contributed by atoms with van der Waals surface area (Å²) >= 11 is 1.60. The van der Waals surface area contributed by atoms with Crippen LogP contribution in [0.5, 0.6) is 11.5 Å². The normalized spacial score (nSPS) is 15.9. The molecule has 1 amide bonds. The number of hydrogen-bond acceptors (Lipinski definition) is 6. The fraction of sp³-hybridized carbons (Fsp3) is 0.500. The van der Waals surface area contributed by atoms with Crippen molar-refractivity contribution in [2.45, 2.75) is 32.0 Å². The van der Waals surface area contributed by atoms with Crippen LogP contribution in [0.1, 0.15) is 18.3 Å². The van der Waals surface area contributed by atoms with E-state index < -0.39 is 0 Å². The van der Waals surface area contributed by atoms with Gasteiger partial charge in [0.25, 0.3) is 0 Å². The number of hydrogen-bond donors (Lipinski definition) is 1. The Morgan fingerprint density at radius 2 is 2.31 bits per heavy atom. The number of nitrogens with one attached hydrogen (secondary N) is 1. The number of amides is 1. The van der Waals surface area contributed by atoms with Crippen LogP contribution in [0.25, 0.3) is 0 Å². The monoisotopic (exact) mass is 376 g/mol. The molecule has 7 nitrogen and oxygen atoms in total. The minimum absolute atomic E-state index is 0.0280. The van der Waals surface area contributed by atoms with Crippen LogP contribution >= 0.6 is 11.8 Å². The summed E-state index contributed by atoms with van der Waals surface area (Å²) in [6, 6.07) is 5.72. The lowest BCUT2D eigenvalue weighted by Gasteiger charge is -2.25. The van der Waals surface area contributed by atoms with E-state index in [1.807, 2.05) is 25.1 Å². The number of nitrogens with zero attached hydrogens (tertiary/aromatic N) is 3. The Hall–Kier alpha value is -2.22. The van der Waals surface area contributed by atoms with Crippen LogP contribution in [0.15, 0.2) is 23.4 Å². The van der Waals surface area contributed by atoms with Crippen molar-refractivity contribution in [3.63, 3.8) is 0 Å². The van der Waals surface area contributed by atoms with Gasteiger partial charge in [-0.1, -0.05) is 17.8 Å². The molecule has 0 fully saturated rings.